The number of aryl methyl sites for hydroxylation is 1. The molecule has 11 heteroatoms. The van der Waals surface area contributed by atoms with E-state index in [4.69, 9.17) is 4.74 Å². The van der Waals surface area contributed by atoms with Gasteiger partial charge in [0.25, 0.3) is 12.0 Å². The Hall–Kier alpha value is -3.49. The summed E-state index contributed by atoms with van der Waals surface area (Å²) < 4.78 is 47.8. The fourth-order valence-electron chi connectivity index (χ4n) is 5.27. The molecule has 2 aliphatic heterocycles. The summed E-state index contributed by atoms with van der Waals surface area (Å²) >= 11 is 0. The first kappa shape index (κ1) is 25.2. The van der Waals surface area contributed by atoms with Gasteiger partial charge in [-0.25, -0.2) is 23.1 Å². The summed E-state index contributed by atoms with van der Waals surface area (Å²) in [7, 11) is 3.27. The highest BCUT2D eigenvalue weighted by atomic mass is 19.3. The van der Waals surface area contributed by atoms with Crippen LogP contribution in [0.2, 0.25) is 0 Å². The number of rotatable bonds is 6. The highest BCUT2D eigenvalue weighted by molar-refractivity contribution is 5.87. The molecule has 0 amide bonds. The highest BCUT2D eigenvalue weighted by Crippen LogP contribution is 2.37. The van der Waals surface area contributed by atoms with Crippen LogP contribution in [0, 0.1) is 17.1 Å². The second-order valence-corrected chi connectivity index (χ2v) is 9.76. The molecule has 2 saturated heterocycles. The Bertz CT molecular complexity index is 1420. The quantitative estimate of drug-likeness (QED) is 0.501. The summed E-state index contributed by atoms with van der Waals surface area (Å²) in [5.41, 5.74) is -1.07. The van der Waals surface area contributed by atoms with E-state index in [1.54, 1.807) is 25.1 Å². The van der Waals surface area contributed by atoms with Gasteiger partial charge in [0, 0.05) is 44.9 Å². The standard InChI is InChI=1S/C26H27F3N6O2/c1-33(11-16-4-3-5-18(21(16)27)22(28)29)23-19-10-20(25(36)34(2)24(19)32-15-31-23)26(14-30)6-8-35(9-7-26)17-12-37-13-17/h3-5,10,15,17,22H,6-9,11-13H2,1-2H3. The molecule has 1 aromatic carbocycles. The number of hydrogen-bond acceptors (Lipinski definition) is 7. The topological polar surface area (TPSA) is 87.3 Å². The molecule has 2 aliphatic rings. The number of aromatic nitrogens is 3. The van der Waals surface area contributed by atoms with Gasteiger partial charge in [0.2, 0.25) is 0 Å². The third kappa shape index (κ3) is 4.34. The van der Waals surface area contributed by atoms with Gasteiger partial charge in [-0.1, -0.05) is 18.2 Å². The van der Waals surface area contributed by atoms with Crippen molar-refractivity contribution in [2.45, 2.75) is 37.3 Å². The van der Waals surface area contributed by atoms with E-state index in [-0.39, 0.29) is 17.7 Å². The van der Waals surface area contributed by atoms with Gasteiger partial charge in [0.05, 0.1) is 41.7 Å². The lowest BCUT2D eigenvalue weighted by Gasteiger charge is -2.43. The van der Waals surface area contributed by atoms with Gasteiger partial charge in [0.1, 0.15) is 23.6 Å². The number of pyridine rings is 1. The minimum atomic E-state index is -2.92. The third-order valence-electron chi connectivity index (χ3n) is 7.61. The monoisotopic (exact) mass is 512 g/mol. The van der Waals surface area contributed by atoms with Crippen molar-refractivity contribution in [2.24, 2.45) is 7.05 Å². The summed E-state index contributed by atoms with van der Waals surface area (Å²) in [6.45, 7) is 2.70. The summed E-state index contributed by atoms with van der Waals surface area (Å²) in [5, 5.41) is 10.8. The molecule has 37 heavy (non-hydrogen) atoms. The predicted octanol–water partition coefficient (Wildman–Crippen LogP) is 3.30. The van der Waals surface area contributed by atoms with Gasteiger partial charge >= 0.3 is 0 Å². The smallest absolute Gasteiger partial charge is 0.266 e. The lowest BCUT2D eigenvalue weighted by molar-refractivity contribution is -0.0736. The molecule has 0 spiro atoms. The molecule has 194 valence electrons. The second-order valence-electron chi connectivity index (χ2n) is 9.76. The van der Waals surface area contributed by atoms with Gasteiger partial charge in [-0.15, -0.1) is 0 Å². The molecule has 3 aromatic rings. The lowest BCUT2D eigenvalue weighted by atomic mass is 9.74. The Morgan fingerprint density at radius 2 is 2.00 bits per heavy atom. The average Bonchev–Trinajstić information content (AvgIpc) is 2.86. The van der Waals surface area contributed by atoms with Gasteiger partial charge in [-0.3, -0.25) is 14.3 Å². The number of halogens is 3. The van der Waals surface area contributed by atoms with Gasteiger partial charge in [-0.2, -0.15) is 5.26 Å². The van der Waals surface area contributed by atoms with Crippen LogP contribution in [0.4, 0.5) is 19.0 Å². The van der Waals surface area contributed by atoms with E-state index in [1.165, 1.54) is 23.0 Å². The first-order chi connectivity index (χ1) is 17.8. The first-order valence-corrected chi connectivity index (χ1v) is 12.1. The number of fused-ring (bicyclic) bond motifs is 1. The molecule has 0 bridgehead atoms. The van der Waals surface area contributed by atoms with E-state index in [9.17, 15) is 23.2 Å². The first-order valence-electron chi connectivity index (χ1n) is 12.1. The second kappa shape index (κ2) is 9.76. The van der Waals surface area contributed by atoms with E-state index in [2.05, 4.69) is 20.9 Å². The zero-order valence-electron chi connectivity index (χ0n) is 20.6. The molecule has 0 radical (unpaired) electrons. The van der Waals surface area contributed by atoms with Crippen molar-refractivity contribution >= 4 is 16.9 Å². The summed E-state index contributed by atoms with van der Waals surface area (Å²) in [6.07, 6.45) is -0.609. The van der Waals surface area contributed by atoms with Crippen LogP contribution in [-0.4, -0.2) is 58.8 Å². The van der Waals surface area contributed by atoms with Crippen LogP contribution in [0.15, 0.2) is 35.4 Å². The normalized spacial score (nSPS) is 18.1. The maximum atomic E-state index is 14.7. The lowest BCUT2D eigenvalue weighted by Crippen LogP contribution is -2.54. The molecule has 0 N–H and O–H groups in total. The molecule has 0 aliphatic carbocycles. The summed E-state index contributed by atoms with van der Waals surface area (Å²) in [5.74, 6) is -0.552. The van der Waals surface area contributed by atoms with Gasteiger partial charge in [-0.05, 0) is 18.9 Å². The maximum Gasteiger partial charge on any atom is 0.266 e. The number of anilines is 1. The fourth-order valence-corrected chi connectivity index (χ4v) is 5.27. The largest absolute Gasteiger partial charge is 0.378 e. The zero-order chi connectivity index (χ0) is 26.3. The minimum absolute atomic E-state index is 0.0293. The molecular weight excluding hydrogens is 485 g/mol. The van der Waals surface area contributed by atoms with Crippen LogP contribution in [0.5, 0.6) is 0 Å². The van der Waals surface area contributed by atoms with Crippen LogP contribution < -0.4 is 10.5 Å². The number of nitrogens with zero attached hydrogens (tertiary/aromatic N) is 6. The molecule has 2 fully saturated rings. The van der Waals surface area contributed by atoms with Crippen molar-refractivity contribution in [3.63, 3.8) is 0 Å². The molecule has 0 unspecified atom stereocenters. The van der Waals surface area contributed by atoms with E-state index in [1.807, 2.05) is 0 Å². The molecule has 4 heterocycles. The van der Waals surface area contributed by atoms with Crippen LogP contribution in [0.1, 0.15) is 36.0 Å². The van der Waals surface area contributed by atoms with Crippen LogP contribution in [0.3, 0.4) is 0 Å². The van der Waals surface area contributed by atoms with Crippen molar-refractivity contribution < 1.29 is 17.9 Å². The zero-order valence-corrected chi connectivity index (χ0v) is 20.6. The number of hydrogen-bond donors (Lipinski definition) is 0. The van der Waals surface area contributed by atoms with Crippen LogP contribution in [0.25, 0.3) is 11.0 Å². The Labute approximate surface area is 211 Å². The molecule has 8 nitrogen and oxygen atoms in total. The van der Waals surface area contributed by atoms with Gasteiger partial charge < -0.3 is 9.64 Å². The maximum absolute atomic E-state index is 14.7. The third-order valence-corrected chi connectivity index (χ3v) is 7.61. The van der Waals surface area contributed by atoms with Crippen molar-refractivity contribution in [1.29, 1.82) is 5.26 Å². The molecular formula is C26H27F3N6O2. The molecule has 0 saturated carbocycles. The van der Waals surface area contributed by atoms with Crippen molar-refractivity contribution in [3.8, 4) is 6.07 Å². The Morgan fingerprint density at radius 1 is 1.27 bits per heavy atom. The predicted molar refractivity (Wildman–Crippen MR) is 131 cm³/mol. The molecule has 5 rings (SSSR count). The van der Waals surface area contributed by atoms with Crippen molar-refractivity contribution in [2.75, 3.05) is 38.3 Å². The van der Waals surface area contributed by atoms with Crippen molar-refractivity contribution in [3.05, 3.63) is 63.5 Å². The SMILES string of the molecule is CN(Cc1cccc(C(F)F)c1F)c1ncnc2c1cc(C1(C#N)CCN(C3COC3)CC1)c(=O)n2C. The Kier molecular flexibility index (Phi) is 6.64. The number of nitriles is 1. The minimum Gasteiger partial charge on any atom is -0.378 e. The fraction of sp³-hybridized carbons (Fsp3) is 0.462. The van der Waals surface area contributed by atoms with E-state index in [0.717, 1.165) is 6.07 Å². The number of benzene rings is 1. The number of likely N-dealkylation sites (tertiary alicyclic amines) is 1. The Morgan fingerprint density at radius 3 is 2.62 bits per heavy atom. The number of alkyl halides is 2. The average molecular weight is 513 g/mol. The Balaban J connectivity index is 1.53. The van der Waals surface area contributed by atoms with Crippen LogP contribution >= 0.6 is 0 Å². The van der Waals surface area contributed by atoms with E-state index in [0.29, 0.717) is 67.6 Å². The summed E-state index contributed by atoms with van der Waals surface area (Å²) in [4.78, 5) is 26.0. The van der Waals surface area contributed by atoms with E-state index >= 15 is 0 Å². The molecule has 2 aromatic heterocycles. The highest BCUT2D eigenvalue weighted by Gasteiger charge is 2.41. The molecule has 0 atom stereocenters. The van der Waals surface area contributed by atoms with Gasteiger partial charge in [0.15, 0.2) is 0 Å². The van der Waals surface area contributed by atoms with E-state index < -0.39 is 23.2 Å². The number of ether oxygens (including phenoxy) is 1. The van der Waals surface area contributed by atoms with Crippen molar-refractivity contribution in [1.82, 2.24) is 19.4 Å². The summed E-state index contributed by atoms with van der Waals surface area (Å²) in [6, 6.07) is 8.38. The van der Waals surface area contributed by atoms with Crippen LogP contribution in [-0.2, 0) is 23.7 Å². The number of piperidine rings is 1.